The second-order valence-electron chi connectivity index (χ2n) is 4.51. The molecular weight excluding hydrogens is 220 g/mol. The van der Waals surface area contributed by atoms with Gasteiger partial charge in [0.25, 0.3) is 0 Å². The van der Waals surface area contributed by atoms with Gasteiger partial charge in [-0.1, -0.05) is 42.5 Å². The summed E-state index contributed by atoms with van der Waals surface area (Å²) in [5.74, 6) is 0. The molecule has 1 unspecified atom stereocenters. The van der Waals surface area contributed by atoms with E-state index in [2.05, 4.69) is 49.3 Å². The Balaban J connectivity index is 2.39. The average Bonchev–Trinajstić information content (AvgIpc) is 2.40. The molecule has 0 aliphatic heterocycles. The minimum atomic E-state index is 0.221. The fourth-order valence-electron chi connectivity index (χ4n) is 2.16. The molecule has 2 rings (SSSR count). The van der Waals surface area contributed by atoms with E-state index < -0.39 is 0 Å². The van der Waals surface area contributed by atoms with Crippen LogP contribution in [0.2, 0.25) is 0 Å². The molecule has 2 nitrogen and oxygen atoms in total. The standard InChI is InChI=1S/C16H16N2/c1-18(2)16(14-6-4-3-5-7-14)15-10-8-13(12-17)9-11-15/h3-11,16H,1-2H3. The lowest BCUT2D eigenvalue weighted by molar-refractivity contribution is 0.342. The van der Waals surface area contributed by atoms with Gasteiger partial charge in [-0.15, -0.1) is 0 Å². The van der Waals surface area contributed by atoms with E-state index in [-0.39, 0.29) is 6.04 Å². The van der Waals surface area contributed by atoms with E-state index in [4.69, 9.17) is 5.26 Å². The highest BCUT2D eigenvalue weighted by atomic mass is 15.1. The van der Waals surface area contributed by atoms with E-state index in [1.54, 1.807) is 0 Å². The molecule has 0 amide bonds. The molecule has 0 radical (unpaired) electrons. The van der Waals surface area contributed by atoms with E-state index in [0.717, 1.165) is 0 Å². The van der Waals surface area contributed by atoms with Gasteiger partial charge in [0.2, 0.25) is 0 Å². The Morgan fingerprint density at radius 1 is 0.889 bits per heavy atom. The molecule has 0 fully saturated rings. The van der Waals surface area contributed by atoms with Crippen LogP contribution in [-0.2, 0) is 0 Å². The van der Waals surface area contributed by atoms with Crippen molar-refractivity contribution in [3.8, 4) is 6.07 Å². The van der Waals surface area contributed by atoms with Gasteiger partial charge < -0.3 is 0 Å². The van der Waals surface area contributed by atoms with Gasteiger partial charge in [-0.2, -0.15) is 5.26 Å². The number of nitrogens with zero attached hydrogens (tertiary/aromatic N) is 2. The molecule has 0 bridgehead atoms. The second kappa shape index (κ2) is 5.48. The van der Waals surface area contributed by atoms with Crippen LogP contribution in [0.4, 0.5) is 0 Å². The molecule has 0 saturated carbocycles. The molecule has 0 spiro atoms. The second-order valence-corrected chi connectivity index (χ2v) is 4.51. The normalized spacial score (nSPS) is 12.1. The molecular formula is C16H16N2. The van der Waals surface area contributed by atoms with Crippen LogP contribution < -0.4 is 0 Å². The topological polar surface area (TPSA) is 27.0 Å². The summed E-state index contributed by atoms with van der Waals surface area (Å²) < 4.78 is 0. The summed E-state index contributed by atoms with van der Waals surface area (Å²) in [5, 5.41) is 8.83. The van der Waals surface area contributed by atoms with Gasteiger partial charge in [0.05, 0.1) is 17.7 Å². The smallest absolute Gasteiger partial charge is 0.0991 e. The quantitative estimate of drug-likeness (QED) is 0.818. The summed E-state index contributed by atoms with van der Waals surface area (Å²) in [6.07, 6.45) is 0. The van der Waals surface area contributed by atoms with Crippen LogP contribution in [-0.4, -0.2) is 19.0 Å². The van der Waals surface area contributed by atoms with Crippen molar-refractivity contribution in [1.29, 1.82) is 5.26 Å². The number of benzene rings is 2. The molecule has 0 N–H and O–H groups in total. The van der Waals surface area contributed by atoms with E-state index in [9.17, 15) is 0 Å². The summed E-state index contributed by atoms with van der Waals surface area (Å²) in [6.45, 7) is 0. The van der Waals surface area contributed by atoms with Gasteiger partial charge in [-0.3, -0.25) is 4.90 Å². The van der Waals surface area contributed by atoms with E-state index >= 15 is 0 Å². The highest BCUT2D eigenvalue weighted by Gasteiger charge is 2.15. The summed E-state index contributed by atoms with van der Waals surface area (Å²) in [4.78, 5) is 2.18. The Morgan fingerprint density at radius 2 is 1.44 bits per heavy atom. The summed E-state index contributed by atoms with van der Waals surface area (Å²) in [5.41, 5.74) is 3.15. The maximum atomic E-state index is 8.83. The fraction of sp³-hybridized carbons (Fsp3) is 0.188. The van der Waals surface area contributed by atoms with E-state index in [0.29, 0.717) is 5.56 Å². The van der Waals surface area contributed by atoms with Crippen LogP contribution in [0.1, 0.15) is 22.7 Å². The molecule has 0 heterocycles. The Hall–Kier alpha value is -2.11. The average molecular weight is 236 g/mol. The first-order chi connectivity index (χ1) is 8.72. The third-order valence-electron chi connectivity index (χ3n) is 2.99. The highest BCUT2D eigenvalue weighted by Crippen LogP contribution is 2.26. The molecule has 18 heavy (non-hydrogen) atoms. The van der Waals surface area contributed by atoms with Crippen molar-refractivity contribution in [3.63, 3.8) is 0 Å². The Kier molecular flexibility index (Phi) is 3.76. The Morgan fingerprint density at radius 3 is 1.94 bits per heavy atom. The van der Waals surface area contributed by atoms with Crippen molar-refractivity contribution >= 4 is 0 Å². The zero-order valence-corrected chi connectivity index (χ0v) is 10.7. The van der Waals surface area contributed by atoms with Crippen LogP contribution in [0.15, 0.2) is 54.6 Å². The largest absolute Gasteiger partial charge is 0.299 e. The predicted octanol–water partition coefficient (Wildman–Crippen LogP) is 3.21. The van der Waals surface area contributed by atoms with Crippen LogP contribution >= 0.6 is 0 Å². The molecule has 2 aromatic rings. The first-order valence-electron chi connectivity index (χ1n) is 5.94. The van der Waals surface area contributed by atoms with Crippen LogP contribution in [0.25, 0.3) is 0 Å². The van der Waals surface area contributed by atoms with Crippen molar-refractivity contribution < 1.29 is 0 Å². The summed E-state index contributed by atoms with van der Waals surface area (Å²) in [7, 11) is 4.13. The first-order valence-corrected chi connectivity index (χ1v) is 5.94. The summed E-state index contributed by atoms with van der Waals surface area (Å²) in [6, 6.07) is 20.5. The van der Waals surface area contributed by atoms with Gasteiger partial charge in [0, 0.05) is 0 Å². The van der Waals surface area contributed by atoms with Crippen LogP contribution in [0.5, 0.6) is 0 Å². The zero-order chi connectivity index (χ0) is 13.0. The van der Waals surface area contributed by atoms with E-state index in [1.807, 2.05) is 30.3 Å². The van der Waals surface area contributed by atoms with Gasteiger partial charge in [0.15, 0.2) is 0 Å². The predicted molar refractivity (Wildman–Crippen MR) is 73.1 cm³/mol. The third-order valence-corrected chi connectivity index (χ3v) is 2.99. The third kappa shape index (κ3) is 2.58. The first kappa shape index (κ1) is 12.3. The van der Waals surface area contributed by atoms with Crippen molar-refractivity contribution in [2.45, 2.75) is 6.04 Å². The van der Waals surface area contributed by atoms with Gasteiger partial charge in [-0.25, -0.2) is 0 Å². The molecule has 2 aromatic carbocycles. The highest BCUT2D eigenvalue weighted by molar-refractivity contribution is 5.37. The van der Waals surface area contributed by atoms with Gasteiger partial charge >= 0.3 is 0 Å². The number of hydrogen-bond acceptors (Lipinski definition) is 2. The minimum Gasteiger partial charge on any atom is -0.299 e. The fourth-order valence-corrected chi connectivity index (χ4v) is 2.16. The van der Waals surface area contributed by atoms with Gasteiger partial charge in [-0.05, 0) is 37.4 Å². The molecule has 0 saturated heterocycles. The lowest BCUT2D eigenvalue weighted by Crippen LogP contribution is -2.20. The zero-order valence-electron chi connectivity index (χ0n) is 10.7. The molecule has 90 valence electrons. The van der Waals surface area contributed by atoms with Crippen LogP contribution in [0.3, 0.4) is 0 Å². The number of hydrogen-bond donors (Lipinski definition) is 0. The van der Waals surface area contributed by atoms with Crippen LogP contribution in [0, 0.1) is 11.3 Å². The minimum absolute atomic E-state index is 0.221. The molecule has 2 heteroatoms. The molecule has 0 aromatic heterocycles. The molecule has 0 aliphatic carbocycles. The lowest BCUT2D eigenvalue weighted by atomic mass is 9.97. The van der Waals surface area contributed by atoms with Crippen molar-refractivity contribution in [3.05, 3.63) is 71.3 Å². The number of rotatable bonds is 3. The molecule has 0 aliphatic rings. The maximum Gasteiger partial charge on any atom is 0.0991 e. The Bertz CT molecular complexity index is 536. The monoisotopic (exact) mass is 236 g/mol. The molecule has 1 atom stereocenters. The SMILES string of the molecule is CN(C)C(c1ccccc1)c1ccc(C#N)cc1. The lowest BCUT2D eigenvalue weighted by Gasteiger charge is -2.25. The van der Waals surface area contributed by atoms with Crippen molar-refractivity contribution in [2.75, 3.05) is 14.1 Å². The number of nitriles is 1. The summed E-state index contributed by atoms with van der Waals surface area (Å²) >= 11 is 0. The van der Waals surface area contributed by atoms with Crippen molar-refractivity contribution in [2.24, 2.45) is 0 Å². The maximum absolute atomic E-state index is 8.83. The van der Waals surface area contributed by atoms with E-state index in [1.165, 1.54) is 11.1 Å². The van der Waals surface area contributed by atoms with Crippen molar-refractivity contribution in [1.82, 2.24) is 4.90 Å². The Labute approximate surface area is 108 Å². The van der Waals surface area contributed by atoms with Gasteiger partial charge in [0.1, 0.15) is 0 Å².